The third-order valence-corrected chi connectivity index (χ3v) is 1.83. The second kappa shape index (κ2) is 4.65. The second-order valence-corrected chi connectivity index (χ2v) is 3.18. The standard InChI is InChI=1S/C11H16NO2/c1-12(2)8-9-6-5-7-10(13-3)11(9)14-4/h5-8H,1-4H3/q+1. The smallest absolute Gasteiger partial charge is 0.174 e. The predicted molar refractivity (Wildman–Crippen MR) is 56.8 cm³/mol. The SMILES string of the molecule is COc1cccc(C=[N+](C)C)c1OC. The zero-order valence-corrected chi connectivity index (χ0v) is 9.07. The van der Waals surface area contributed by atoms with Gasteiger partial charge < -0.3 is 9.47 Å². The zero-order valence-electron chi connectivity index (χ0n) is 9.07. The molecule has 0 aliphatic carbocycles. The minimum atomic E-state index is 0.753. The van der Waals surface area contributed by atoms with E-state index in [4.69, 9.17) is 9.47 Å². The van der Waals surface area contributed by atoms with Gasteiger partial charge in [0.25, 0.3) is 0 Å². The van der Waals surface area contributed by atoms with Crippen molar-refractivity contribution in [1.29, 1.82) is 0 Å². The summed E-state index contributed by atoms with van der Waals surface area (Å²) in [6.07, 6.45) is 1.99. The molecule has 0 saturated heterocycles. The third kappa shape index (κ3) is 2.25. The van der Waals surface area contributed by atoms with Gasteiger partial charge in [0.15, 0.2) is 17.7 Å². The first kappa shape index (κ1) is 10.6. The Morgan fingerprint density at radius 2 is 1.86 bits per heavy atom. The van der Waals surface area contributed by atoms with Crippen LogP contribution in [0.25, 0.3) is 0 Å². The van der Waals surface area contributed by atoms with E-state index in [0.29, 0.717) is 0 Å². The van der Waals surface area contributed by atoms with Crippen molar-refractivity contribution in [2.75, 3.05) is 28.3 Å². The van der Waals surface area contributed by atoms with Crippen molar-refractivity contribution < 1.29 is 14.0 Å². The normalized spacial score (nSPS) is 9.43. The predicted octanol–water partition coefficient (Wildman–Crippen LogP) is 1.39. The molecule has 0 saturated carbocycles. The molecule has 0 radical (unpaired) electrons. The zero-order chi connectivity index (χ0) is 10.6. The first-order chi connectivity index (χ1) is 6.69. The minimum Gasteiger partial charge on any atom is -0.493 e. The summed E-state index contributed by atoms with van der Waals surface area (Å²) >= 11 is 0. The average Bonchev–Trinajstić information content (AvgIpc) is 2.16. The van der Waals surface area contributed by atoms with Crippen molar-refractivity contribution in [3.63, 3.8) is 0 Å². The molecule has 76 valence electrons. The highest BCUT2D eigenvalue weighted by Gasteiger charge is 2.09. The average molecular weight is 194 g/mol. The summed E-state index contributed by atoms with van der Waals surface area (Å²) in [6.45, 7) is 0. The molecular formula is C11H16NO2+. The quantitative estimate of drug-likeness (QED) is 0.535. The third-order valence-electron chi connectivity index (χ3n) is 1.83. The lowest BCUT2D eigenvalue weighted by molar-refractivity contribution is -0.458. The number of nitrogens with zero attached hydrogens (tertiary/aromatic N) is 1. The van der Waals surface area contributed by atoms with E-state index in [9.17, 15) is 0 Å². The number of benzene rings is 1. The van der Waals surface area contributed by atoms with Gasteiger partial charge in [0, 0.05) is 0 Å². The van der Waals surface area contributed by atoms with Crippen molar-refractivity contribution >= 4 is 6.21 Å². The summed E-state index contributed by atoms with van der Waals surface area (Å²) in [5, 5.41) is 0. The summed E-state index contributed by atoms with van der Waals surface area (Å²) in [4.78, 5) is 0. The molecule has 3 heteroatoms. The van der Waals surface area contributed by atoms with Crippen LogP contribution in [0.3, 0.4) is 0 Å². The van der Waals surface area contributed by atoms with Gasteiger partial charge in [0.05, 0.1) is 19.8 Å². The summed E-state index contributed by atoms with van der Waals surface area (Å²) in [6, 6.07) is 5.81. The number of methoxy groups -OCH3 is 2. The molecule has 0 atom stereocenters. The van der Waals surface area contributed by atoms with E-state index in [-0.39, 0.29) is 0 Å². The Labute approximate surface area is 84.6 Å². The Morgan fingerprint density at radius 1 is 1.14 bits per heavy atom. The maximum absolute atomic E-state index is 5.29. The van der Waals surface area contributed by atoms with Crippen LogP contribution < -0.4 is 9.47 Å². The molecule has 0 amide bonds. The number of hydrogen-bond acceptors (Lipinski definition) is 2. The van der Waals surface area contributed by atoms with Crippen molar-refractivity contribution in [3.05, 3.63) is 23.8 Å². The number of ether oxygens (including phenoxy) is 2. The molecule has 1 aromatic rings. The monoisotopic (exact) mass is 194 g/mol. The molecule has 3 nitrogen and oxygen atoms in total. The number of para-hydroxylation sites is 1. The van der Waals surface area contributed by atoms with Crippen LogP contribution in [0.5, 0.6) is 11.5 Å². The van der Waals surface area contributed by atoms with Crippen LogP contribution in [0.15, 0.2) is 18.2 Å². The summed E-state index contributed by atoms with van der Waals surface area (Å²) < 4.78 is 12.4. The first-order valence-corrected chi connectivity index (χ1v) is 4.41. The molecule has 0 heterocycles. The maximum atomic E-state index is 5.29. The van der Waals surface area contributed by atoms with Crippen LogP contribution in [-0.4, -0.2) is 39.1 Å². The van der Waals surface area contributed by atoms with Crippen LogP contribution in [0, 0.1) is 0 Å². The van der Waals surface area contributed by atoms with E-state index in [1.54, 1.807) is 14.2 Å². The Hall–Kier alpha value is -1.51. The molecule has 0 unspecified atom stereocenters. The Morgan fingerprint density at radius 3 is 2.36 bits per heavy atom. The van der Waals surface area contributed by atoms with Gasteiger partial charge in [0.1, 0.15) is 14.1 Å². The molecule has 0 N–H and O–H groups in total. The highest BCUT2D eigenvalue weighted by Crippen LogP contribution is 2.29. The van der Waals surface area contributed by atoms with Crippen LogP contribution in [0.4, 0.5) is 0 Å². The summed E-state index contributed by atoms with van der Waals surface area (Å²) in [5.74, 6) is 1.52. The van der Waals surface area contributed by atoms with Gasteiger partial charge in [-0.15, -0.1) is 0 Å². The lowest BCUT2D eigenvalue weighted by atomic mass is 10.2. The van der Waals surface area contributed by atoms with Crippen LogP contribution >= 0.6 is 0 Å². The fraction of sp³-hybridized carbons (Fsp3) is 0.364. The summed E-state index contributed by atoms with van der Waals surface area (Å²) in [5.41, 5.74) is 1.01. The fourth-order valence-corrected chi connectivity index (χ4v) is 1.29. The molecule has 0 aliphatic heterocycles. The Bertz CT molecular complexity index is 341. The van der Waals surface area contributed by atoms with Crippen molar-refractivity contribution in [2.24, 2.45) is 0 Å². The molecule has 0 bridgehead atoms. The molecule has 14 heavy (non-hydrogen) atoms. The van der Waals surface area contributed by atoms with E-state index >= 15 is 0 Å². The summed E-state index contributed by atoms with van der Waals surface area (Å²) in [7, 11) is 7.22. The van der Waals surface area contributed by atoms with Gasteiger partial charge in [-0.25, -0.2) is 4.58 Å². The molecule has 1 aromatic carbocycles. The first-order valence-electron chi connectivity index (χ1n) is 4.41. The lowest BCUT2D eigenvalue weighted by Gasteiger charge is -2.08. The molecule has 0 spiro atoms. The van der Waals surface area contributed by atoms with E-state index in [0.717, 1.165) is 17.1 Å². The molecule has 0 aliphatic rings. The molecule has 0 aromatic heterocycles. The molecular weight excluding hydrogens is 178 g/mol. The van der Waals surface area contributed by atoms with Gasteiger partial charge in [-0.1, -0.05) is 6.07 Å². The lowest BCUT2D eigenvalue weighted by Crippen LogP contribution is -2.02. The van der Waals surface area contributed by atoms with Crippen molar-refractivity contribution in [2.45, 2.75) is 0 Å². The van der Waals surface area contributed by atoms with Gasteiger partial charge in [-0.05, 0) is 12.1 Å². The Balaban J connectivity index is 3.22. The maximum Gasteiger partial charge on any atom is 0.174 e. The van der Waals surface area contributed by atoms with E-state index in [1.165, 1.54) is 0 Å². The highest BCUT2D eigenvalue weighted by molar-refractivity contribution is 5.81. The second-order valence-electron chi connectivity index (χ2n) is 3.18. The minimum absolute atomic E-state index is 0.753. The van der Waals surface area contributed by atoms with Gasteiger partial charge >= 0.3 is 0 Å². The number of rotatable bonds is 3. The van der Waals surface area contributed by atoms with Crippen LogP contribution in [0.2, 0.25) is 0 Å². The van der Waals surface area contributed by atoms with E-state index in [1.807, 2.05) is 43.1 Å². The topological polar surface area (TPSA) is 21.5 Å². The van der Waals surface area contributed by atoms with Crippen LogP contribution in [0.1, 0.15) is 5.56 Å². The van der Waals surface area contributed by atoms with Gasteiger partial charge in [0.2, 0.25) is 0 Å². The molecule has 1 rings (SSSR count). The fourth-order valence-electron chi connectivity index (χ4n) is 1.29. The number of hydrogen-bond donors (Lipinski definition) is 0. The molecule has 0 fully saturated rings. The van der Waals surface area contributed by atoms with Gasteiger partial charge in [-0.3, -0.25) is 0 Å². The van der Waals surface area contributed by atoms with Gasteiger partial charge in [-0.2, -0.15) is 0 Å². The van der Waals surface area contributed by atoms with E-state index < -0.39 is 0 Å². The Kier molecular flexibility index (Phi) is 3.51. The van der Waals surface area contributed by atoms with Crippen molar-refractivity contribution in [1.82, 2.24) is 0 Å². The highest BCUT2D eigenvalue weighted by atomic mass is 16.5. The largest absolute Gasteiger partial charge is 0.493 e. The van der Waals surface area contributed by atoms with E-state index in [2.05, 4.69) is 0 Å². The van der Waals surface area contributed by atoms with Crippen molar-refractivity contribution in [3.8, 4) is 11.5 Å². The van der Waals surface area contributed by atoms with Crippen LogP contribution in [-0.2, 0) is 0 Å².